The van der Waals surface area contributed by atoms with Gasteiger partial charge in [-0.1, -0.05) is 44.0 Å². The molecule has 0 unspecified atom stereocenters. The van der Waals surface area contributed by atoms with Crippen LogP contribution in [0.15, 0.2) is 60.4 Å². The van der Waals surface area contributed by atoms with Crippen molar-refractivity contribution in [1.29, 1.82) is 0 Å². The molecule has 0 spiro atoms. The Labute approximate surface area is 182 Å². The Morgan fingerprint density at radius 3 is 2.29 bits per heavy atom. The highest BCUT2D eigenvalue weighted by Gasteiger charge is 2.18. The van der Waals surface area contributed by atoms with Gasteiger partial charge >= 0.3 is 11.9 Å². The summed E-state index contributed by atoms with van der Waals surface area (Å²) in [5.74, 6) is -2.15. The van der Waals surface area contributed by atoms with Gasteiger partial charge in [-0.3, -0.25) is 4.79 Å². The second kappa shape index (κ2) is 12.2. The molecule has 0 aliphatic heterocycles. The van der Waals surface area contributed by atoms with Crippen molar-refractivity contribution in [1.82, 2.24) is 0 Å². The number of hydrogen-bond donors (Lipinski definition) is 1. The molecule has 1 N–H and O–H groups in total. The van der Waals surface area contributed by atoms with E-state index in [1.165, 1.54) is 19.1 Å². The third kappa shape index (κ3) is 7.29. The lowest BCUT2D eigenvalue weighted by Crippen LogP contribution is -2.16. The molecule has 0 fully saturated rings. The van der Waals surface area contributed by atoms with Gasteiger partial charge in [0.2, 0.25) is 5.76 Å². The molecular weight excluding hydrogens is 398 g/mol. The molecule has 0 heterocycles. The number of amides is 1. The van der Waals surface area contributed by atoms with Crippen molar-refractivity contribution in [3.8, 4) is 5.75 Å². The lowest BCUT2D eigenvalue weighted by Gasteiger charge is -2.13. The van der Waals surface area contributed by atoms with Gasteiger partial charge < -0.3 is 19.5 Å². The number of methoxy groups -OCH3 is 2. The molecule has 0 bridgehead atoms. The normalized spacial score (nSPS) is 10.9. The number of para-hydroxylation sites is 2. The summed E-state index contributed by atoms with van der Waals surface area (Å²) in [5, 5.41) is 2.77. The van der Waals surface area contributed by atoms with Gasteiger partial charge in [-0.2, -0.15) is 0 Å². The highest BCUT2D eigenvalue weighted by molar-refractivity contribution is 6.05. The molecule has 0 saturated carbocycles. The van der Waals surface area contributed by atoms with E-state index >= 15 is 0 Å². The van der Waals surface area contributed by atoms with Gasteiger partial charge in [-0.05, 0) is 42.7 Å². The van der Waals surface area contributed by atoms with Crippen LogP contribution in [0, 0.1) is 0 Å². The number of rotatable bonds is 10. The summed E-state index contributed by atoms with van der Waals surface area (Å²) in [4.78, 5) is 36.2. The van der Waals surface area contributed by atoms with E-state index < -0.39 is 11.9 Å². The van der Waals surface area contributed by atoms with Crippen LogP contribution >= 0.6 is 0 Å². The molecule has 0 atom stereocenters. The number of anilines is 1. The van der Waals surface area contributed by atoms with Gasteiger partial charge in [0.15, 0.2) is 5.75 Å². The number of unbranched alkanes of at least 4 members (excludes halogenated alkanes) is 2. The van der Waals surface area contributed by atoms with Gasteiger partial charge in [0.05, 0.1) is 26.0 Å². The Hall–Kier alpha value is -3.61. The number of carbonyl (C=O) groups is 3. The number of aryl methyl sites for hydroxylation is 1. The van der Waals surface area contributed by atoms with E-state index in [0.29, 0.717) is 11.3 Å². The van der Waals surface area contributed by atoms with Gasteiger partial charge in [-0.15, -0.1) is 0 Å². The van der Waals surface area contributed by atoms with Crippen molar-refractivity contribution < 1.29 is 28.6 Å². The predicted octanol–water partition coefficient (Wildman–Crippen LogP) is 4.28. The third-order valence-corrected chi connectivity index (χ3v) is 4.48. The Morgan fingerprint density at radius 2 is 1.65 bits per heavy atom. The van der Waals surface area contributed by atoms with Crippen LogP contribution in [0.3, 0.4) is 0 Å². The summed E-state index contributed by atoms with van der Waals surface area (Å²) in [7, 11) is 2.34. The molecule has 2 aromatic rings. The second-order valence-corrected chi connectivity index (χ2v) is 6.73. The fourth-order valence-corrected chi connectivity index (χ4v) is 2.77. The molecule has 0 aromatic heterocycles. The van der Waals surface area contributed by atoms with E-state index in [4.69, 9.17) is 4.74 Å². The molecule has 7 heteroatoms. The molecule has 0 radical (unpaired) electrons. The number of carbonyl (C=O) groups excluding carboxylic acids is 3. The Bertz CT molecular complexity index is 933. The molecule has 0 aliphatic carbocycles. The van der Waals surface area contributed by atoms with Crippen LogP contribution in [0.4, 0.5) is 5.69 Å². The SMILES string of the molecule is CCCCCc1ccc(C(=O)Nc2ccccc2O/C(=C\C(=O)OC)C(=O)OC)cc1. The quantitative estimate of drug-likeness (QED) is 0.264. The smallest absolute Gasteiger partial charge is 0.374 e. The van der Waals surface area contributed by atoms with Crippen molar-refractivity contribution >= 4 is 23.5 Å². The molecular formula is C24H27NO6. The average molecular weight is 425 g/mol. The minimum absolute atomic E-state index is 0.174. The van der Waals surface area contributed by atoms with Crippen LogP contribution in [0.5, 0.6) is 5.75 Å². The van der Waals surface area contributed by atoms with Gasteiger partial charge in [-0.25, -0.2) is 9.59 Å². The number of nitrogens with one attached hydrogen (secondary N) is 1. The topological polar surface area (TPSA) is 90.9 Å². The van der Waals surface area contributed by atoms with Crippen molar-refractivity contribution in [2.24, 2.45) is 0 Å². The van der Waals surface area contributed by atoms with E-state index in [1.807, 2.05) is 12.1 Å². The van der Waals surface area contributed by atoms with Crippen molar-refractivity contribution in [2.75, 3.05) is 19.5 Å². The molecule has 2 rings (SSSR count). The average Bonchev–Trinajstić information content (AvgIpc) is 2.79. The summed E-state index contributed by atoms with van der Waals surface area (Å²) < 4.78 is 14.7. The van der Waals surface area contributed by atoms with Gasteiger partial charge in [0, 0.05) is 5.56 Å². The first-order valence-electron chi connectivity index (χ1n) is 10.0. The van der Waals surface area contributed by atoms with Gasteiger partial charge in [0.25, 0.3) is 5.91 Å². The highest BCUT2D eigenvalue weighted by atomic mass is 16.6. The second-order valence-electron chi connectivity index (χ2n) is 6.73. The molecule has 1 amide bonds. The Balaban J connectivity index is 2.16. The largest absolute Gasteiger partial charge is 0.466 e. The lowest BCUT2D eigenvalue weighted by molar-refractivity contribution is -0.140. The Kier molecular flexibility index (Phi) is 9.29. The molecule has 2 aromatic carbocycles. The molecule has 31 heavy (non-hydrogen) atoms. The van der Waals surface area contributed by atoms with E-state index in [2.05, 4.69) is 21.7 Å². The molecule has 0 saturated heterocycles. The molecule has 164 valence electrons. The maximum atomic E-state index is 12.7. The maximum Gasteiger partial charge on any atom is 0.374 e. The van der Waals surface area contributed by atoms with Crippen LogP contribution in [0.2, 0.25) is 0 Å². The summed E-state index contributed by atoms with van der Waals surface area (Å²) >= 11 is 0. The minimum Gasteiger partial charge on any atom is -0.466 e. The van der Waals surface area contributed by atoms with E-state index in [0.717, 1.165) is 32.4 Å². The van der Waals surface area contributed by atoms with Gasteiger partial charge in [0.1, 0.15) is 0 Å². The number of hydrogen-bond acceptors (Lipinski definition) is 6. The van der Waals surface area contributed by atoms with E-state index in [-0.39, 0.29) is 17.4 Å². The monoisotopic (exact) mass is 425 g/mol. The Morgan fingerprint density at radius 1 is 0.935 bits per heavy atom. The first-order chi connectivity index (χ1) is 15.0. The predicted molar refractivity (Wildman–Crippen MR) is 117 cm³/mol. The third-order valence-electron chi connectivity index (χ3n) is 4.48. The zero-order valence-electron chi connectivity index (χ0n) is 18.0. The van der Waals surface area contributed by atoms with Crippen LogP contribution in [-0.2, 0) is 25.5 Å². The van der Waals surface area contributed by atoms with E-state index in [1.54, 1.807) is 36.4 Å². The number of esters is 2. The van der Waals surface area contributed by atoms with Crippen LogP contribution in [0.1, 0.15) is 42.1 Å². The molecule has 7 nitrogen and oxygen atoms in total. The highest BCUT2D eigenvalue weighted by Crippen LogP contribution is 2.27. The summed E-state index contributed by atoms with van der Waals surface area (Å²) in [6, 6.07) is 14.0. The zero-order chi connectivity index (χ0) is 22.6. The minimum atomic E-state index is -0.856. The maximum absolute atomic E-state index is 12.7. The first-order valence-corrected chi connectivity index (χ1v) is 10.0. The van der Waals surface area contributed by atoms with E-state index in [9.17, 15) is 14.4 Å². The van der Waals surface area contributed by atoms with Crippen molar-refractivity contribution in [3.63, 3.8) is 0 Å². The molecule has 0 aliphatic rings. The number of ether oxygens (including phenoxy) is 3. The lowest BCUT2D eigenvalue weighted by atomic mass is 10.1. The summed E-state index contributed by atoms with van der Waals surface area (Å²) in [5.41, 5.74) is 2.01. The van der Waals surface area contributed by atoms with Crippen LogP contribution < -0.4 is 10.1 Å². The number of benzene rings is 2. The van der Waals surface area contributed by atoms with Crippen molar-refractivity contribution in [3.05, 3.63) is 71.5 Å². The fourth-order valence-electron chi connectivity index (χ4n) is 2.77. The standard InChI is InChI=1S/C24H27NO6/c1-4-5-6-9-17-12-14-18(15-13-17)23(27)25-19-10-7-8-11-20(19)31-21(24(28)30-3)16-22(26)29-2/h7-8,10-16H,4-6,9H2,1-3H3,(H,25,27)/b21-16-. The summed E-state index contributed by atoms with van der Waals surface area (Å²) in [6.45, 7) is 2.16. The van der Waals surface area contributed by atoms with Crippen LogP contribution in [0.25, 0.3) is 0 Å². The van der Waals surface area contributed by atoms with Crippen molar-refractivity contribution in [2.45, 2.75) is 32.6 Å². The summed E-state index contributed by atoms with van der Waals surface area (Å²) in [6.07, 6.45) is 5.32. The van der Waals surface area contributed by atoms with Crippen LogP contribution in [-0.4, -0.2) is 32.1 Å². The first kappa shape index (κ1) is 23.7. The fraction of sp³-hybridized carbons (Fsp3) is 0.292. The zero-order valence-corrected chi connectivity index (χ0v) is 18.0.